The van der Waals surface area contributed by atoms with Crippen LogP contribution >= 0.6 is 0 Å². The van der Waals surface area contributed by atoms with Crippen molar-refractivity contribution in [3.05, 3.63) is 103 Å². The lowest BCUT2D eigenvalue weighted by molar-refractivity contribution is 1.02. The number of hydrogen-bond donors (Lipinski definition) is 0. The quantitative estimate of drug-likeness (QED) is 0.329. The van der Waals surface area contributed by atoms with Crippen molar-refractivity contribution in [2.75, 3.05) is 4.90 Å². The molecule has 4 aromatic carbocycles. The SMILES string of the molecule is c1cnc(-c2nc3cccc4c3n2-c2ccccc2N4c2ccc3ccccc3c2)nc1. The molecule has 32 heavy (non-hydrogen) atoms. The maximum absolute atomic E-state index is 4.94. The second kappa shape index (κ2) is 6.49. The van der Waals surface area contributed by atoms with E-state index in [1.54, 1.807) is 12.4 Å². The van der Waals surface area contributed by atoms with Gasteiger partial charge in [0.15, 0.2) is 11.6 Å². The number of benzene rings is 4. The Bertz CT molecular complexity index is 1640. The molecule has 0 radical (unpaired) electrons. The fraction of sp³-hybridized carbons (Fsp3) is 0. The molecule has 0 saturated heterocycles. The van der Waals surface area contributed by atoms with Crippen LogP contribution in [0.4, 0.5) is 17.1 Å². The number of nitrogens with zero attached hydrogens (tertiary/aromatic N) is 5. The number of rotatable bonds is 2. The summed E-state index contributed by atoms with van der Waals surface area (Å²) in [6.45, 7) is 0. The van der Waals surface area contributed by atoms with Gasteiger partial charge in [-0.15, -0.1) is 0 Å². The van der Waals surface area contributed by atoms with E-state index in [1.807, 2.05) is 12.1 Å². The fourth-order valence-corrected chi connectivity index (χ4v) is 4.65. The van der Waals surface area contributed by atoms with E-state index in [0.717, 1.165) is 39.6 Å². The van der Waals surface area contributed by atoms with Crippen LogP contribution in [0.5, 0.6) is 0 Å². The molecule has 1 aliphatic rings. The van der Waals surface area contributed by atoms with Crippen molar-refractivity contribution >= 4 is 38.9 Å². The van der Waals surface area contributed by atoms with E-state index in [0.29, 0.717) is 5.82 Å². The van der Waals surface area contributed by atoms with Gasteiger partial charge in [-0.25, -0.2) is 15.0 Å². The molecule has 0 fully saturated rings. The van der Waals surface area contributed by atoms with Crippen molar-refractivity contribution in [1.82, 2.24) is 19.5 Å². The summed E-state index contributed by atoms with van der Waals surface area (Å²) in [6, 6.07) is 31.6. The second-order valence-electron chi connectivity index (χ2n) is 7.84. The van der Waals surface area contributed by atoms with Gasteiger partial charge < -0.3 is 4.90 Å². The minimum Gasteiger partial charge on any atom is -0.306 e. The molecule has 3 heterocycles. The third kappa shape index (κ3) is 2.36. The zero-order chi connectivity index (χ0) is 21.1. The first-order valence-electron chi connectivity index (χ1n) is 10.6. The third-order valence-corrected chi connectivity index (χ3v) is 6.02. The molecule has 0 unspecified atom stereocenters. The molecule has 0 aliphatic carbocycles. The first-order chi connectivity index (χ1) is 15.9. The third-order valence-electron chi connectivity index (χ3n) is 6.02. The predicted molar refractivity (Wildman–Crippen MR) is 128 cm³/mol. The molecule has 6 aromatic rings. The van der Waals surface area contributed by atoms with Crippen LogP contribution in [0.15, 0.2) is 103 Å². The van der Waals surface area contributed by atoms with E-state index < -0.39 is 0 Å². The Morgan fingerprint density at radius 2 is 1.34 bits per heavy atom. The van der Waals surface area contributed by atoms with Crippen LogP contribution in [0.1, 0.15) is 0 Å². The topological polar surface area (TPSA) is 46.8 Å². The number of hydrogen-bond acceptors (Lipinski definition) is 4. The molecule has 0 amide bonds. The Balaban J connectivity index is 1.57. The Hall–Kier alpha value is -4.51. The normalized spacial score (nSPS) is 12.3. The second-order valence-corrected chi connectivity index (χ2v) is 7.84. The maximum atomic E-state index is 4.94. The molecule has 1 aliphatic heterocycles. The summed E-state index contributed by atoms with van der Waals surface area (Å²) in [5.74, 6) is 1.36. The van der Waals surface area contributed by atoms with Crippen LogP contribution in [-0.2, 0) is 0 Å². The lowest BCUT2D eigenvalue weighted by Gasteiger charge is -2.33. The number of anilines is 3. The van der Waals surface area contributed by atoms with E-state index in [1.165, 1.54) is 10.8 Å². The standard InChI is InChI=1S/C27H17N5/c1-2-8-19-17-20(14-13-18(19)7-1)31-22-10-3-4-11-23(22)32-25-21(9-5-12-24(25)31)30-27(32)26-28-15-6-16-29-26/h1-17H. The first-order valence-corrected chi connectivity index (χ1v) is 10.6. The largest absolute Gasteiger partial charge is 0.306 e. The molecule has 0 N–H and O–H groups in total. The predicted octanol–water partition coefficient (Wildman–Crippen LogP) is 6.42. The summed E-state index contributed by atoms with van der Waals surface area (Å²) < 4.78 is 2.19. The molecule has 5 nitrogen and oxygen atoms in total. The Morgan fingerprint density at radius 3 is 2.22 bits per heavy atom. The summed E-state index contributed by atoms with van der Waals surface area (Å²) in [6.07, 6.45) is 3.51. The fourth-order valence-electron chi connectivity index (χ4n) is 4.65. The van der Waals surface area contributed by atoms with Gasteiger partial charge in [0.1, 0.15) is 0 Å². The zero-order valence-corrected chi connectivity index (χ0v) is 17.1. The summed E-state index contributed by atoms with van der Waals surface area (Å²) in [5, 5.41) is 2.44. The van der Waals surface area contributed by atoms with Gasteiger partial charge >= 0.3 is 0 Å². The van der Waals surface area contributed by atoms with E-state index >= 15 is 0 Å². The molecule has 0 saturated carbocycles. The van der Waals surface area contributed by atoms with Crippen LogP contribution in [0, 0.1) is 0 Å². The Morgan fingerprint density at radius 1 is 0.594 bits per heavy atom. The molecular formula is C27H17N5. The zero-order valence-electron chi connectivity index (χ0n) is 17.1. The highest BCUT2D eigenvalue weighted by molar-refractivity contribution is 6.03. The minimum atomic E-state index is 0.614. The van der Waals surface area contributed by atoms with Gasteiger partial charge in [-0.2, -0.15) is 0 Å². The molecule has 5 heteroatoms. The maximum Gasteiger partial charge on any atom is 0.196 e. The summed E-state index contributed by atoms with van der Waals surface area (Å²) >= 11 is 0. The number of fused-ring (bicyclic) bond motifs is 3. The number of para-hydroxylation sites is 3. The lowest BCUT2D eigenvalue weighted by Crippen LogP contribution is -2.18. The van der Waals surface area contributed by atoms with Crippen molar-refractivity contribution in [2.24, 2.45) is 0 Å². The van der Waals surface area contributed by atoms with Gasteiger partial charge in [-0.1, -0.05) is 48.5 Å². The molecule has 0 spiro atoms. The monoisotopic (exact) mass is 411 g/mol. The molecule has 7 rings (SSSR count). The van der Waals surface area contributed by atoms with E-state index in [-0.39, 0.29) is 0 Å². The van der Waals surface area contributed by atoms with Crippen LogP contribution < -0.4 is 4.90 Å². The Kier molecular flexibility index (Phi) is 3.49. The van der Waals surface area contributed by atoms with Crippen molar-refractivity contribution in [3.63, 3.8) is 0 Å². The van der Waals surface area contributed by atoms with Crippen molar-refractivity contribution in [2.45, 2.75) is 0 Å². The summed E-state index contributed by atoms with van der Waals surface area (Å²) in [5.41, 5.74) is 6.34. The van der Waals surface area contributed by atoms with Gasteiger partial charge in [0, 0.05) is 18.1 Å². The van der Waals surface area contributed by atoms with Crippen LogP contribution in [-0.4, -0.2) is 19.5 Å². The molecule has 150 valence electrons. The molecular weight excluding hydrogens is 394 g/mol. The van der Waals surface area contributed by atoms with E-state index in [4.69, 9.17) is 4.98 Å². The molecule has 0 atom stereocenters. The van der Waals surface area contributed by atoms with Gasteiger partial charge in [0.2, 0.25) is 0 Å². The van der Waals surface area contributed by atoms with E-state index in [9.17, 15) is 0 Å². The average molecular weight is 411 g/mol. The molecule has 2 aromatic heterocycles. The first kappa shape index (κ1) is 17.2. The minimum absolute atomic E-state index is 0.614. The van der Waals surface area contributed by atoms with Crippen molar-refractivity contribution < 1.29 is 0 Å². The Labute approximate surface area is 184 Å². The lowest BCUT2D eigenvalue weighted by atomic mass is 10.1. The average Bonchev–Trinajstić information content (AvgIpc) is 3.26. The van der Waals surface area contributed by atoms with Gasteiger partial charge in [-0.3, -0.25) is 4.57 Å². The van der Waals surface area contributed by atoms with Crippen molar-refractivity contribution in [1.29, 1.82) is 0 Å². The van der Waals surface area contributed by atoms with Crippen molar-refractivity contribution in [3.8, 4) is 17.3 Å². The number of aromatic nitrogens is 4. The van der Waals surface area contributed by atoms with Gasteiger partial charge in [-0.05, 0) is 53.2 Å². The van der Waals surface area contributed by atoms with Gasteiger partial charge in [0.25, 0.3) is 0 Å². The highest BCUT2D eigenvalue weighted by Gasteiger charge is 2.29. The number of imidazole rings is 1. The van der Waals surface area contributed by atoms with Gasteiger partial charge in [0.05, 0.1) is 28.1 Å². The van der Waals surface area contributed by atoms with Crippen LogP contribution in [0.25, 0.3) is 39.1 Å². The highest BCUT2D eigenvalue weighted by Crippen LogP contribution is 2.48. The summed E-state index contributed by atoms with van der Waals surface area (Å²) in [7, 11) is 0. The highest BCUT2D eigenvalue weighted by atomic mass is 15.2. The molecule has 0 bridgehead atoms. The van der Waals surface area contributed by atoms with Crippen LogP contribution in [0.2, 0.25) is 0 Å². The van der Waals surface area contributed by atoms with Crippen LogP contribution in [0.3, 0.4) is 0 Å². The summed E-state index contributed by atoms with van der Waals surface area (Å²) in [4.78, 5) is 16.2. The van der Waals surface area contributed by atoms with E-state index in [2.05, 4.69) is 98.3 Å². The smallest absolute Gasteiger partial charge is 0.196 e.